The molecule has 0 spiro atoms. The molecular formula is C8H10Cl2NPS. The van der Waals surface area contributed by atoms with Gasteiger partial charge in [-0.1, -0.05) is 41.2 Å². The van der Waals surface area contributed by atoms with Crippen molar-refractivity contribution < 1.29 is 0 Å². The zero-order valence-corrected chi connectivity index (χ0v) is 10.1. The molecule has 0 bridgehead atoms. The smallest absolute Gasteiger partial charge is 0.119 e. The molecule has 5 heteroatoms. The van der Waals surface area contributed by atoms with Crippen molar-refractivity contribution in [3.05, 3.63) is 30.3 Å². The summed E-state index contributed by atoms with van der Waals surface area (Å²) < 4.78 is 0. The number of rotatable bonds is 4. The minimum absolute atomic E-state index is 0.501. The summed E-state index contributed by atoms with van der Waals surface area (Å²) in [7, 11) is 0. The molecule has 0 saturated heterocycles. The summed E-state index contributed by atoms with van der Waals surface area (Å²) in [5, 5.41) is 3.13. The van der Waals surface area contributed by atoms with Crippen molar-refractivity contribution in [3.8, 4) is 0 Å². The van der Waals surface area contributed by atoms with Crippen molar-refractivity contribution >= 4 is 45.9 Å². The molecular weight excluding hydrogens is 244 g/mol. The van der Waals surface area contributed by atoms with E-state index in [0.717, 1.165) is 5.69 Å². The molecule has 1 aromatic rings. The van der Waals surface area contributed by atoms with Gasteiger partial charge in [-0.25, -0.2) is 0 Å². The molecule has 0 saturated carbocycles. The highest BCUT2D eigenvalue weighted by atomic mass is 35.7. The van der Waals surface area contributed by atoms with E-state index < -0.39 is 5.54 Å². The lowest BCUT2D eigenvalue weighted by atomic mass is 10.3. The Morgan fingerprint density at radius 3 is 2.46 bits per heavy atom. The van der Waals surface area contributed by atoms with Gasteiger partial charge in [0.1, 0.15) is 5.54 Å². The third kappa shape index (κ3) is 4.33. The summed E-state index contributed by atoms with van der Waals surface area (Å²) in [6.45, 7) is 0. The third-order valence-electron chi connectivity index (χ3n) is 1.44. The molecule has 1 rings (SSSR count). The van der Waals surface area contributed by atoms with Gasteiger partial charge in [-0.15, -0.1) is 11.6 Å². The first-order valence-corrected chi connectivity index (χ1v) is 8.25. The normalized spacial score (nSPS) is 14.9. The van der Waals surface area contributed by atoms with E-state index in [9.17, 15) is 0 Å². The molecule has 0 aromatic heterocycles. The van der Waals surface area contributed by atoms with E-state index in [0.29, 0.717) is 12.0 Å². The van der Waals surface area contributed by atoms with Crippen LogP contribution in [-0.4, -0.2) is 12.0 Å². The second kappa shape index (κ2) is 5.21. The molecule has 1 atom stereocenters. The van der Waals surface area contributed by atoms with Gasteiger partial charge in [0.05, 0.1) is 0 Å². The van der Waals surface area contributed by atoms with Crippen LogP contribution in [0.3, 0.4) is 0 Å². The van der Waals surface area contributed by atoms with E-state index in [1.54, 1.807) is 0 Å². The highest BCUT2D eigenvalue weighted by molar-refractivity contribution is 8.27. The van der Waals surface area contributed by atoms with Crippen molar-refractivity contribution in [2.75, 3.05) is 17.1 Å². The Morgan fingerprint density at radius 2 is 1.92 bits per heavy atom. The van der Waals surface area contributed by atoms with Crippen LogP contribution in [0.5, 0.6) is 0 Å². The molecule has 1 aromatic carbocycles. The average molecular weight is 254 g/mol. The number of para-hydroxylation sites is 1. The van der Waals surface area contributed by atoms with E-state index in [1.807, 2.05) is 30.3 Å². The minimum atomic E-state index is -1.99. The maximum absolute atomic E-state index is 6.10. The Balaban J connectivity index is 2.64. The largest absolute Gasteiger partial charge is 0.346 e. The zero-order chi connectivity index (χ0) is 9.73. The Labute approximate surface area is 93.3 Å². The van der Waals surface area contributed by atoms with E-state index in [4.69, 9.17) is 34.6 Å². The monoisotopic (exact) mass is 253 g/mol. The highest BCUT2D eigenvalue weighted by Gasteiger charge is 2.11. The first-order valence-electron chi connectivity index (χ1n) is 3.82. The molecule has 0 aliphatic rings. The van der Waals surface area contributed by atoms with Crippen LogP contribution in [0.15, 0.2) is 30.3 Å². The lowest BCUT2D eigenvalue weighted by Crippen LogP contribution is -1.96. The Morgan fingerprint density at radius 1 is 1.31 bits per heavy atom. The van der Waals surface area contributed by atoms with Crippen molar-refractivity contribution in [2.24, 2.45) is 0 Å². The van der Waals surface area contributed by atoms with Crippen LogP contribution in [-0.2, 0) is 11.8 Å². The van der Waals surface area contributed by atoms with Gasteiger partial charge in [0, 0.05) is 17.7 Å². The van der Waals surface area contributed by atoms with Crippen molar-refractivity contribution in [2.45, 2.75) is 0 Å². The van der Waals surface area contributed by atoms with Crippen molar-refractivity contribution in [3.63, 3.8) is 0 Å². The molecule has 13 heavy (non-hydrogen) atoms. The SMILES string of the molecule is S=P(Cl)(CCCl)Nc1ccccc1. The number of hydrogen-bond acceptors (Lipinski definition) is 1. The van der Waals surface area contributed by atoms with Crippen LogP contribution >= 0.6 is 28.4 Å². The Bertz CT molecular complexity index is 304. The van der Waals surface area contributed by atoms with Crippen LogP contribution < -0.4 is 5.09 Å². The maximum atomic E-state index is 6.10. The first kappa shape index (κ1) is 11.3. The first-order chi connectivity index (χ1) is 6.14. The van der Waals surface area contributed by atoms with E-state index in [1.165, 1.54) is 0 Å². The lowest BCUT2D eigenvalue weighted by Gasteiger charge is -2.15. The summed E-state index contributed by atoms with van der Waals surface area (Å²) in [6, 6.07) is 9.71. The fourth-order valence-electron chi connectivity index (χ4n) is 0.870. The van der Waals surface area contributed by atoms with E-state index in [-0.39, 0.29) is 0 Å². The molecule has 0 heterocycles. The van der Waals surface area contributed by atoms with Crippen molar-refractivity contribution in [1.82, 2.24) is 0 Å². The predicted octanol–water partition coefficient (Wildman–Crippen LogP) is 3.89. The van der Waals surface area contributed by atoms with Crippen LogP contribution in [0.2, 0.25) is 0 Å². The Kier molecular flexibility index (Phi) is 4.54. The van der Waals surface area contributed by atoms with Gasteiger partial charge >= 0.3 is 0 Å². The number of halogens is 2. The zero-order valence-electron chi connectivity index (χ0n) is 6.91. The molecule has 72 valence electrons. The molecule has 0 aliphatic heterocycles. The van der Waals surface area contributed by atoms with Gasteiger partial charge in [0.25, 0.3) is 0 Å². The molecule has 0 aliphatic carbocycles. The standard InChI is InChI=1S/C8H10Cl2NPS/c9-6-7-12(10,13)11-8-4-2-1-3-5-8/h1-5H,6-7H2,(H,11,13). The fraction of sp³-hybridized carbons (Fsp3) is 0.250. The summed E-state index contributed by atoms with van der Waals surface area (Å²) in [6.07, 6.45) is 0.653. The fourth-order valence-corrected chi connectivity index (χ4v) is 4.19. The Hall–Kier alpha value is 0.250. The number of benzene rings is 1. The van der Waals surface area contributed by atoms with Crippen LogP contribution in [0, 0.1) is 0 Å². The molecule has 0 radical (unpaired) electrons. The average Bonchev–Trinajstić information content (AvgIpc) is 2.04. The van der Waals surface area contributed by atoms with Crippen LogP contribution in [0.1, 0.15) is 0 Å². The molecule has 1 unspecified atom stereocenters. The number of alkyl halides is 1. The molecule has 0 fully saturated rings. The summed E-state index contributed by atoms with van der Waals surface area (Å²) in [4.78, 5) is 0. The van der Waals surface area contributed by atoms with Gasteiger partial charge < -0.3 is 5.09 Å². The topological polar surface area (TPSA) is 12.0 Å². The molecule has 1 N–H and O–H groups in total. The summed E-state index contributed by atoms with van der Waals surface area (Å²) in [5.41, 5.74) is -1.03. The summed E-state index contributed by atoms with van der Waals surface area (Å²) in [5.74, 6) is 0.501. The highest BCUT2D eigenvalue weighted by Crippen LogP contribution is 2.50. The van der Waals surface area contributed by atoms with Gasteiger partial charge in [0.2, 0.25) is 0 Å². The third-order valence-corrected chi connectivity index (χ3v) is 4.87. The molecule has 0 amide bonds. The second-order valence-corrected chi connectivity index (χ2v) is 9.10. The van der Waals surface area contributed by atoms with E-state index >= 15 is 0 Å². The maximum Gasteiger partial charge on any atom is 0.119 e. The summed E-state index contributed by atoms with van der Waals surface area (Å²) >= 11 is 16.9. The number of anilines is 1. The van der Waals surface area contributed by atoms with Crippen LogP contribution in [0.4, 0.5) is 5.69 Å². The van der Waals surface area contributed by atoms with Gasteiger partial charge in [0.15, 0.2) is 0 Å². The quantitative estimate of drug-likeness (QED) is 0.646. The van der Waals surface area contributed by atoms with Crippen LogP contribution in [0.25, 0.3) is 0 Å². The van der Waals surface area contributed by atoms with Gasteiger partial charge in [-0.05, 0) is 12.1 Å². The minimum Gasteiger partial charge on any atom is -0.346 e. The number of nitrogens with one attached hydrogen (secondary N) is 1. The lowest BCUT2D eigenvalue weighted by molar-refractivity contribution is 1.51. The van der Waals surface area contributed by atoms with Gasteiger partial charge in [-0.2, -0.15) is 0 Å². The predicted molar refractivity (Wildman–Crippen MR) is 65.8 cm³/mol. The van der Waals surface area contributed by atoms with Gasteiger partial charge in [-0.3, -0.25) is 0 Å². The van der Waals surface area contributed by atoms with E-state index in [2.05, 4.69) is 5.09 Å². The number of hydrogen-bond donors (Lipinski definition) is 1. The molecule has 1 nitrogen and oxygen atoms in total. The second-order valence-electron chi connectivity index (χ2n) is 2.54. The van der Waals surface area contributed by atoms with Crippen molar-refractivity contribution in [1.29, 1.82) is 0 Å².